The minimum Gasteiger partial charge on any atom is -0.393 e. The van der Waals surface area contributed by atoms with E-state index in [0.29, 0.717) is 24.2 Å². The van der Waals surface area contributed by atoms with Gasteiger partial charge in [-0.15, -0.1) is 0 Å². The summed E-state index contributed by atoms with van der Waals surface area (Å²) >= 11 is 0. The van der Waals surface area contributed by atoms with E-state index in [-0.39, 0.29) is 30.3 Å². The molecule has 2 aliphatic carbocycles. The number of aromatic nitrogens is 2. The van der Waals surface area contributed by atoms with Gasteiger partial charge in [-0.2, -0.15) is 0 Å². The number of fused-ring (bicyclic) bond motifs is 1. The minimum atomic E-state index is -0.207. The number of amides is 1. The van der Waals surface area contributed by atoms with Crippen molar-refractivity contribution in [3.05, 3.63) is 29.6 Å². The van der Waals surface area contributed by atoms with Crippen molar-refractivity contribution >= 4 is 22.7 Å². The maximum atomic E-state index is 13.2. The SMILES string of the molecule is Cn1c(C(=O)N2CCC([C@H]3CC[C@H](O)CC3)C(=O)C2)nc2ccc(C3CC3)cc21. The number of rotatable bonds is 3. The van der Waals surface area contributed by atoms with Gasteiger partial charge < -0.3 is 14.6 Å². The van der Waals surface area contributed by atoms with Crippen LogP contribution in [0.1, 0.15) is 67.0 Å². The lowest BCUT2D eigenvalue weighted by Crippen LogP contribution is -2.47. The zero-order chi connectivity index (χ0) is 20.1. The number of nitrogens with zero attached hydrogens (tertiary/aromatic N) is 3. The molecule has 3 aliphatic rings. The number of aliphatic hydroxyl groups excluding tert-OH is 1. The first-order valence-corrected chi connectivity index (χ1v) is 11.0. The Hall–Kier alpha value is -2.21. The Morgan fingerprint density at radius 3 is 2.55 bits per heavy atom. The molecule has 0 spiro atoms. The second-order valence-electron chi connectivity index (χ2n) is 9.17. The molecule has 1 unspecified atom stereocenters. The van der Waals surface area contributed by atoms with Gasteiger partial charge in [-0.05, 0) is 74.5 Å². The Bertz CT molecular complexity index is 954. The molecular formula is C23H29N3O3. The van der Waals surface area contributed by atoms with Gasteiger partial charge in [-0.1, -0.05) is 6.07 Å². The summed E-state index contributed by atoms with van der Waals surface area (Å²) in [6, 6.07) is 6.29. The highest BCUT2D eigenvalue weighted by atomic mass is 16.3. The van der Waals surface area contributed by atoms with Crippen molar-refractivity contribution in [2.45, 2.75) is 57.0 Å². The molecule has 1 N–H and O–H groups in total. The highest BCUT2D eigenvalue weighted by Crippen LogP contribution is 2.41. The fourth-order valence-electron chi connectivity index (χ4n) is 5.23. The zero-order valence-electron chi connectivity index (χ0n) is 17.0. The van der Waals surface area contributed by atoms with E-state index in [0.717, 1.165) is 43.1 Å². The van der Waals surface area contributed by atoms with Crippen LogP contribution in [-0.4, -0.2) is 50.4 Å². The minimum absolute atomic E-state index is 0.0353. The van der Waals surface area contributed by atoms with Crippen molar-refractivity contribution in [1.82, 2.24) is 14.5 Å². The van der Waals surface area contributed by atoms with Gasteiger partial charge in [0, 0.05) is 19.5 Å². The van der Waals surface area contributed by atoms with E-state index in [9.17, 15) is 14.7 Å². The highest BCUT2D eigenvalue weighted by Gasteiger charge is 2.37. The van der Waals surface area contributed by atoms with Crippen LogP contribution in [0.2, 0.25) is 0 Å². The number of aliphatic hydroxyl groups is 1. The topological polar surface area (TPSA) is 75.4 Å². The molecule has 3 fully saturated rings. The van der Waals surface area contributed by atoms with Crippen LogP contribution in [0.3, 0.4) is 0 Å². The van der Waals surface area contributed by atoms with Crippen molar-refractivity contribution in [3.63, 3.8) is 0 Å². The molecule has 29 heavy (non-hydrogen) atoms. The van der Waals surface area contributed by atoms with Crippen molar-refractivity contribution < 1.29 is 14.7 Å². The van der Waals surface area contributed by atoms with Gasteiger partial charge in [0.1, 0.15) is 0 Å². The Morgan fingerprint density at radius 2 is 1.86 bits per heavy atom. The van der Waals surface area contributed by atoms with Crippen LogP contribution >= 0.6 is 0 Å². The molecule has 1 atom stereocenters. The summed E-state index contributed by atoms with van der Waals surface area (Å²) in [4.78, 5) is 32.2. The van der Waals surface area contributed by atoms with Crippen molar-refractivity contribution in [2.24, 2.45) is 18.9 Å². The summed E-state index contributed by atoms with van der Waals surface area (Å²) in [6.45, 7) is 0.782. The van der Waals surface area contributed by atoms with Crippen LogP contribution in [0.15, 0.2) is 18.2 Å². The fourth-order valence-corrected chi connectivity index (χ4v) is 5.23. The highest BCUT2D eigenvalue weighted by molar-refractivity contribution is 5.98. The first kappa shape index (κ1) is 18.8. The Balaban J connectivity index is 1.31. The predicted molar refractivity (Wildman–Crippen MR) is 110 cm³/mol. The average Bonchev–Trinajstić information content (AvgIpc) is 3.52. The Morgan fingerprint density at radius 1 is 1.10 bits per heavy atom. The van der Waals surface area contributed by atoms with E-state index >= 15 is 0 Å². The summed E-state index contributed by atoms with van der Waals surface area (Å²) in [6.07, 6.45) is 6.42. The van der Waals surface area contributed by atoms with Gasteiger partial charge in [0.05, 0.1) is 23.7 Å². The van der Waals surface area contributed by atoms with Gasteiger partial charge in [0.25, 0.3) is 5.91 Å². The molecule has 2 saturated carbocycles. The summed E-state index contributed by atoms with van der Waals surface area (Å²) < 4.78 is 1.88. The second kappa shape index (κ2) is 7.24. The molecule has 1 aromatic heterocycles. The van der Waals surface area contributed by atoms with Crippen LogP contribution in [0, 0.1) is 11.8 Å². The molecule has 6 heteroatoms. The molecule has 154 valence electrons. The lowest BCUT2D eigenvalue weighted by Gasteiger charge is -2.37. The van der Waals surface area contributed by atoms with Crippen molar-refractivity contribution in [1.29, 1.82) is 0 Å². The quantitative estimate of drug-likeness (QED) is 0.867. The molecule has 1 aliphatic heterocycles. The lowest BCUT2D eigenvalue weighted by molar-refractivity contribution is -0.128. The summed E-state index contributed by atoms with van der Waals surface area (Å²) in [5, 5.41) is 9.72. The number of carbonyl (C=O) groups excluding carboxylic acids is 2. The number of hydrogen-bond acceptors (Lipinski definition) is 4. The average molecular weight is 396 g/mol. The standard InChI is InChI=1S/C23H29N3O3/c1-25-20-12-16(14-2-3-14)6-9-19(20)24-22(25)23(29)26-11-10-18(21(28)13-26)15-4-7-17(27)8-5-15/h6,9,12,14-15,17-18,27H,2-5,7-8,10-11,13H2,1H3/t15-,17-,18?. The number of aryl methyl sites for hydroxylation is 1. The maximum absolute atomic E-state index is 13.2. The first-order chi connectivity index (χ1) is 14.0. The van der Waals surface area contributed by atoms with E-state index < -0.39 is 0 Å². The zero-order valence-corrected chi connectivity index (χ0v) is 17.0. The van der Waals surface area contributed by atoms with Gasteiger partial charge in [-0.25, -0.2) is 4.98 Å². The number of Topliss-reactive ketones (excluding diaryl/α,β-unsaturated/α-hetero) is 1. The summed E-state index contributed by atoms with van der Waals surface area (Å²) in [5.41, 5.74) is 3.15. The summed E-state index contributed by atoms with van der Waals surface area (Å²) in [7, 11) is 1.89. The Labute approximate surface area is 170 Å². The lowest BCUT2D eigenvalue weighted by atomic mass is 9.74. The third-order valence-corrected chi connectivity index (χ3v) is 7.21. The van der Waals surface area contributed by atoms with Crippen LogP contribution in [0.4, 0.5) is 0 Å². The third kappa shape index (κ3) is 3.48. The monoisotopic (exact) mass is 395 g/mol. The fraction of sp³-hybridized carbons (Fsp3) is 0.609. The maximum Gasteiger partial charge on any atom is 0.290 e. The van der Waals surface area contributed by atoms with Crippen molar-refractivity contribution in [3.8, 4) is 0 Å². The number of benzene rings is 1. The van der Waals surface area contributed by atoms with E-state index in [1.54, 1.807) is 4.90 Å². The smallest absolute Gasteiger partial charge is 0.290 e. The number of imidazole rings is 1. The number of piperidine rings is 1. The largest absolute Gasteiger partial charge is 0.393 e. The molecule has 2 aromatic rings. The third-order valence-electron chi connectivity index (χ3n) is 7.21. The van der Waals surface area contributed by atoms with Crippen LogP contribution < -0.4 is 0 Å². The molecule has 1 amide bonds. The van der Waals surface area contributed by atoms with Gasteiger partial charge in [0.15, 0.2) is 11.6 Å². The first-order valence-electron chi connectivity index (χ1n) is 11.0. The molecule has 1 saturated heterocycles. The normalized spacial score (nSPS) is 28.1. The van der Waals surface area contributed by atoms with Crippen LogP contribution in [0.5, 0.6) is 0 Å². The van der Waals surface area contributed by atoms with Crippen LogP contribution in [0.25, 0.3) is 11.0 Å². The van der Waals surface area contributed by atoms with E-state index in [2.05, 4.69) is 17.1 Å². The van der Waals surface area contributed by atoms with Crippen molar-refractivity contribution in [2.75, 3.05) is 13.1 Å². The molecule has 5 rings (SSSR count). The molecule has 2 heterocycles. The van der Waals surface area contributed by atoms with Gasteiger partial charge in [-0.3, -0.25) is 9.59 Å². The molecule has 6 nitrogen and oxygen atoms in total. The predicted octanol–water partition coefficient (Wildman–Crippen LogP) is 3.03. The van der Waals surface area contributed by atoms with E-state index in [1.807, 2.05) is 17.7 Å². The molecule has 1 aromatic carbocycles. The molecule has 0 radical (unpaired) electrons. The van der Waals surface area contributed by atoms with E-state index in [1.165, 1.54) is 18.4 Å². The second-order valence-corrected chi connectivity index (χ2v) is 9.17. The number of ketones is 1. The van der Waals surface area contributed by atoms with Crippen LogP contribution in [-0.2, 0) is 11.8 Å². The van der Waals surface area contributed by atoms with Gasteiger partial charge >= 0.3 is 0 Å². The van der Waals surface area contributed by atoms with E-state index in [4.69, 9.17) is 0 Å². The number of carbonyl (C=O) groups is 2. The number of likely N-dealkylation sites (tertiary alicyclic amines) is 1. The summed E-state index contributed by atoms with van der Waals surface area (Å²) in [5.74, 6) is 1.49. The Kier molecular flexibility index (Phi) is 4.69. The molecular weight excluding hydrogens is 366 g/mol. The van der Waals surface area contributed by atoms with Gasteiger partial charge in [0.2, 0.25) is 0 Å². The number of hydrogen-bond donors (Lipinski definition) is 1. The molecule has 0 bridgehead atoms.